The van der Waals surface area contributed by atoms with E-state index in [2.05, 4.69) is 56.9 Å². The number of nitrogens with two attached hydrogens (primary N) is 1. The molecule has 0 radical (unpaired) electrons. The van der Waals surface area contributed by atoms with Crippen LogP contribution in [0.1, 0.15) is 52.5 Å². The molecular weight excluding hydrogens is 232 g/mol. The minimum atomic E-state index is 0.174. The molecule has 2 heteroatoms. The predicted octanol–water partition coefficient (Wildman–Crippen LogP) is 3.94. The smallest absolute Gasteiger partial charge is 0.0366 e. The highest BCUT2D eigenvalue weighted by molar-refractivity contribution is 5.48. The van der Waals surface area contributed by atoms with Gasteiger partial charge in [0.15, 0.2) is 0 Å². The van der Waals surface area contributed by atoms with Gasteiger partial charge in [0.05, 0.1) is 0 Å². The van der Waals surface area contributed by atoms with Crippen molar-refractivity contribution in [1.29, 1.82) is 0 Å². The van der Waals surface area contributed by atoms with Crippen LogP contribution in [0.3, 0.4) is 0 Å². The Morgan fingerprint density at radius 3 is 1.95 bits per heavy atom. The van der Waals surface area contributed by atoms with Gasteiger partial charge in [0, 0.05) is 18.8 Å². The number of hydrogen-bond donors (Lipinski definition) is 1. The van der Waals surface area contributed by atoms with Crippen molar-refractivity contribution in [3.8, 4) is 0 Å². The Morgan fingerprint density at radius 2 is 1.53 bits per heavy atom. The standard InChI is InChI=1S/C17H30N2/c1-5-13-19(14-6-2)16-9-7-15(8-10-16)17(3,4)11-12-18/h7-10H,5-6,11-14,18H2,1-4H3. The highest BCUT2D eigenvalue weighted by Gasteiger charge is 2.19. The average molecular weight is 262 g/mol. The van der Waals surface area contributed by atoms with Crippen LogP contribution in [0.4, 0.5) is 5.69 Å². The molecule has 0 amide bonds. The third kappa shape index (κ3) is 4.54. The van der Waals surface area contributed by atoms with E-state index in [0.29, 0.717) is 0 Å². The minimum absolute atomic E-state index is 0.174. The normalized spacial score (nSPS) is 11.6. The van der Waals surface area contributed by atoms with E-state index in [-0.39, 0.29) is 5.41 Å². The van der Waals surface area contributed by atoms with Crippen LogP contribution in [-0.2, 0) is 5.41 Å². The molecule has 19 heavy (non-hydrogen) atoms. The lowest BCUT2D eigenvalue weighted by Gasteiger charge is -2.27. The zero-order valence-corrected chi connectivity index (χ0v) is 13.1. The number of anilines is 1. The Kier molecular flexibility index (Phi) is 6.36. The zero-order valence-electron chi connectivity index (χ0n) is 13.1. The van der Waals surface area contributed by atoms with Gasteiger partial charge in [0.25, 0.3) is 0 Å². The molecule has 0 heterocycles. The fourth-order valence-electron chi connectivity index (χ4n) is 2.54. The second kappa shape index (κ2) is 7.54. The van der Waals surface area contributed by atoms with Crippen LogP contribution in [0, 0.1) is 0 Å². The molecule has 0 aliphatic carbocycles. The molecule has 0 spiro atoms. The Morgan fingerprint density at radius 1 is 1.00 bits per heavy atom. The van der Waals surface area contributed by atoms with Gasteiger partial charge in [-0.2, -0.15) is 0 Å². The Hall–Kier alpha value is -1.02. The topological polar surface area (TPSA) is 29.3 Å². The van der Waals surface area contributed by atoms with Crippen molar-refractivity contribution >= 4 is 5.69 Å². The van der Waals surface area contributed by atoms with Crippen molar-refractivity contribution in [1.82, 2.24) is 0 Å². The van der Waals surface area contributed by atoms with Gasteiger partial charge in [-0.3, -0.25) is 0 Å². The largest absolute Gasteiger partial charge is 0.372 e. The molecule has 0 fully saturated rings. The molecule has 0 aliphatic heterocycles. The Labute approximate surface area is 119 Å². The van der Waals surface area contributed by atoms with Gasteiger partial charge >= 0.3 is 0 Å². The van der Waals surface area contributed by atoms with Crippen LogP contribution in [0.2, 0.25) is 0 Å². The summed E-state index contributed by atoms with van der Waals surface area (Å²) in [5.74, 6) is 0. The summed E-state index contributed by atoms with van der Waals surface area (Å²) < 4.78 is 0. The number of rotatable bonds is 8. The second-order valence-electron chi connectivity index (χ2n) is 5.96. The van der Waals surface area contributed by atoms with Crippen LogP contribution < -0.4 is 10.6 Å². The summed E-state index contributed by atoms with van der Waals surface area (Å²) in [6.45, 7) is 12.0. The van der Waals surface area contributed by atoms with Gasteiger partial charge in [-0.15, -0.1) is 0 Å². The molecule has 0 saturated heterocycles. The van der Waals surface area contributed by atoms with Crippen LogP contribution in [0.15, 0.2) is 24.3 Å². The average Bonchev–Trinajstić information content (AvgIpc) is 2.39. The lowest BCUT2D eigenvalue weighted by Crippen LogP contribution is -2.25. The van der Waals surface area contributed by atoms with Gasteiger partial charge in [0.2, 0.25) is 0 Å². The highest BCUT2D eigenvalue weighted by atomic mass is 15.1. The maximum absolute atomic E-state index is 5.70. The first-order valence-electron chi connectivity index (χ1n) is 7.60. The van der Waals surface area contributed by atoms with E-state index in [4.69, 9.17) is 5.73 Å². The number of benzene rings is 1. The molecule has 0 saturated carbocycles. The lowest BCUT2D eigenvalue weighted by atomic mass is 9.81. The molecule has 1 rings (SSSR count). The molecule has 108 valence electrons. The van der Waals surface area contributed by atoms with E-state index < -0.39 is 0 Å². The molecule has 0 unspecified atom stereocenters. The van der Waals surface area contributed by atoms with E-state index in [9.17, 15) is 0 Å². The van der Waals surface area contributed by atoms with Crippen molar-refractivity contribution in [2.75, 3.05) is 24.5 Å². The molecule has 0 aliphatic rings. The predicted molar refractivity (Wildman–Crippen MR) is 85.9 cm³/mol. The van der Waals surface area contributed by atoms with Crippen LogP contribution >= 0.6 is 0 Å². The SMILES string of the molecule is CCCN(CCC)c1ccc(C(C)(C)CCN)cc1. The number of nitrogens with zero attached hydrogens (tertiary/aromatic N) is 1. The molecule has 2 N–H and O–H groups in total. The van der Waals surface area contributed by atoms with Gasteiger partial charge in [-0.05, 0) is 48.9 Å². The highest BCUT2D eigenvalue weighted by Crippen LogP contribution is 2.28. The summed E-state index contributed by atoms with van der Waals surface area (Å²) in [7, 11) is 0. The molecule has 1 aromatic rings. The fraction of sp³-hybridized carbons (Fsp3) is 0.647. The summed E-state index contributed by atoms with van der Waals surface area (Å²) in [6, 6.07) is 9.06. The lowest BCUT2D eigenvalue weighted by molar-refractivity contribution is 0.487. The Balaban J connectivity index is 2.84. The van der Waals surface area contributed by atoms with Gasteiger partial charge in [-0.25, -0.2) is 0 Å². The van der Waals surface area contributed by atoms with Crippen molar-refractivity contribution in [2.24, 2.45) is 5.73 Å². The molecule has 0 atom stereocenters. The zero-order chi connectivity index (χ0) is 14.3. The second-order valence-corrected chi connectivity index (χ2v) is 5.96. The van der Waals surface area contributed by atoms with Crippen LogP contribution in [0.5, 0.6) is 0 Å². The molecular formula is C17H30N2. The first-order valence-corrected chi connectivity index (χ1v) is 7.60. The monoisotopic (exact) mass is 262 g/mol. The molecule has 0 aromatic heterocycles. The van der Waals surface area contributed by atoms with E-state index >= 15 is 0 Å². The van der Waals surface area contributed by atoms with E-state index in [1.165, 1.54) is 24.1 Å². The van der Waals surface area contributed by atoms with Crippen LogP contribution in [0.25, 0.3) is 0 Å². The van der Waals surface area contributed by atoms with Gasteiger partial charge in [-0.1, -0.05) is 39.8 Å². The van der Waals surface area contributed by atoms with Gasteiger partial charge in [0.1, 0.15) is 0 Å². The summed E-state index contributed by atoms with van der Waals surface area (Å²) in [5, 5.41) is 0. The van der Waals surface area contributed by atoms with Crippen molar-refractivity contribution < 1.29 is 0 Å². The first kappa shape index (κ1) is 16.0. The molecule has 2 nitrogen and oxygen atoms in total. The van der Waals surface area contributed by atoms with Crippen molar-refractivity contribution in [3.05, 3.63) is 29.8 Å². The molecule has 1 aromatic carbocycles. The molecule has 0 bridgehead atoms. The Bertz CT molecular complexity index is 348. The summed E-state index contributed by atoms with van der Waals surface area (Å²) in [6.07, 6.45) is 3.42. The maximum atomic E-state index is 5.70. The minimum Gasteiger partial charge on any atom is -0.372 e. The number of hydrogen-bond acceptors (Lipinski definition) is 2. The van der Waals surface area contributed by atoms with Gasteiger partial charge < -0.3 is 10.6 Å². The third-order valence-corrected chi connectivity index (χ3v) is 3.77. The van der Waals surface area contributed by atoms with E-state index in [1.807, 2.05) is 0 Å². The van der Waals surface area contributed by atoms with E-state index in [1.54, 1.807) is 0 Å². The summed E-state index contributed by atoms with van der Waals surface area (Å²) in [4.78, 5) is 2.47. The summed E-state index contributed by atoms with van der Waals surface area (Å²) >= 11 is 0. The quantitative estimate of drug-likeness (QED) is 0.769. The fourth-order valence-corrected chi connectivity index (χ4v) is 2.54. The maximum Gasteiger partial charge on any atom is 0.0366 e. The van der Waals surface area contributed by atoms with E-state index in [0.717, 1.165) is 26.1 Å². The van der Waals surface area contributed by atoms with Crippen molar-refractivity contribution in [3.63, 3.8) is 0 Å². The van der Waals surface area contributed by atoms with Crippen molar-refractivity contribution in [2.45, 2.75) is 52.4 Å². The van der Waals surface area contributed by atoms with Crippen LogP contribution in [-0.4, -0.2) is 19.6 Å². The third-order valence-electron chi connectivity index (χ3n) is 3.77. The first-order chi connectivity index (χ1) is 9.05. The summed E-state index contributed by atoms with van der Waals surface area (Å²) in [5.41, 5.74) is 8.60.